The lowest BCUT2D eigenvalue weighted by Gasteiger charge is -2.18. The first-order valence-corrected chi connectivity index (χ1v) is 10.6. The van der Waals surface area contributed by atoms with Gasteiger partial charge in [-0.05, 0) is 43.7 Å². The zero-order valence-electron chi connectivity index (χ0n) is 15.4. The zero-order chi connectivity index (χ0) is 17.2. The van der Waals surface area contributed by atoms with Gasteiger partial charge in [0.25, 0.3) is 0 Å². The second-order valence-corrected chi connectivity index (χ2v) is 8.13. The highest BCUT2D eigenvalue weighted by Crippen LogP contribution is 2.35. The van der Waals surface area contributed by atoms with Gasteiger partial charge in [-0.3, -0.25) is 0 Å². The van der Waals surface area contributed by atoms with E-state index >= 15 is 0 Å². The maximum absolute atomic E-state index is 6.12. The Morgan fingerprint density at radius 2 is 1.08 bits per heavy atom. The van der Waals surface area contributed by atoms with E-state index in [-0.39, 0.29) is 0 Å². The third kappa shape index (κ3) is 5.72. The molecular formula is C22H31OP. The Morgan fingerprint density at radius 3 is 1.42 bits per heavy atom. The smallest absolute Gasteiger partial charge is 0.0917 e. The fraction of sp³-hybridized carbons (Fsp3) is 0.455. The molecule has 130 valence electrons. The molecule has 0 bridgehead atoms. The first-order valence-electron chi connectivity index (χ1n) is 9.39. The minimum Gasteiger partial charge on any atom is -0.350 e. The molecule has 0 saturated heterocycles. The molecule has 0 radical (unpaired) electrons. The molecule has 0 atom stereocenters. The number of hydrogen-bond donors (Lipinski definition) is 0. The van der Waals surface area contributed by atoms with Gasteiger partial charge in [0, 0.05) is 17.2 Å². The van der Waals surface area contributed by atoms with Crippen LogP contribution in [0.25, 0.3) is 0 Å². The fourth-order valence-electron chi connectivity index (χ4n) is 2.79. The van der Waals surface area contributed by atoms with Crippen molar-refractivity contribution >= 4 is 18.8 Å². The van der Waals surface area contributed by atoms with Gasteiger partial charge in [0.2, 0.25) is 0 Å². The Kier molecular flexibility index (Phi) is 8.50. The standard InChI is InChI=1S/C22H31OP/c1-4-7-9-19-11-15-21(16-12-19)24(23-6-3)22-17-13-20(14-18-22)10-8-5-2/h11-18H,4-10H2,1-3H3. The second-order valence-electron chi connectivity index (χ2n) is 6.25. The summed E-state index contributed by atoms with van der Waals surface area (Å²) in [6.07, 6.45) is 7.37. The van der Waals surface area contributed by atoms with E-state index in [0.717, 1.165) is 6.61 Å². The Hall–Kier alpha value is -1.17. The summed E-state index contributed by atoms with van der Waals surface area (Å²) >= 11 is 0. The largest absolute Gasteiger partial charge is 0.350 e. The molecule has 2 aromatic carbocycles. The van der Waals surface area contributed by atoms with Gasteiger partial charge >= 0.3 is 0 Å². The van der Waals surface area contributed by atoms with E-state index in [0.29, 0.717) is 0 Å². The lowest BCUT2D eigenvalue weighted by Crippen LogP contribution is -2.14. The predicted octanol–water partition coefficient (Wildman–Crippen LogP) is 5.76. The van der Waals surface area contributed by atoms with E-state index in [4.69, 9.17) is 4.52 Å². The lowest BCUT2D eigenvalue weighted by molar-refractivity contribution is 0.388. The lowest BCUT2D eigenvalue weighted by atomic mass is 10.1. The third-order valence-corrected chi connectivity index (χ3v) is 6.29. The van der Waals surface area contributed by atoms with Crippen molar-refractivity contribution in [1.82, 2.24) is 0 Å². The van der Waals surface area contributed by atoms with Crippen LogP contribution in [-0.2, 0) is 17.4 Å². The molecule has 0 saturated carbocycles. The van der Waals surface area contributed by atoms with Crippen LogP contribution in [0.2, 0.25) is 0 Å². The Labute approximate surface area is 149 Å². The molecule has 2 rings (SSSR count). The van der Waals surface area contributed by atoms with E-state index in [1.807, 2.05) is 0 Å². The highest BCUT2D eigenvalue weighted by atomic mass is 31.1. The molecule has 24 heavy (non-hydrogen) atoms. The third-order valence-electron chi connectivity index (χ3n) is 4.24. The number of benzene rings is 2. The SMILES string of the molecule is CCCCc1ccc(P(OCC)c2ccc(CCCC)cc2)cc1. The van der Waals surface area contributed by atoms with Gasteiger partial charge in [-0.15, -0.1) is 0 Å². The quantitative estimate of drug-likeness (QED) is 0.499. The zero-order valence-corrected chi connectivity index (χ0v) is 16.3. The van der Waals surface area contributed by atoms with E-state index in [2.05, 4.69) is 69.3 Å². The summed E-state index contributed by atoms with van der Waals surface area (Å²) in [5.41, 5.74) is 2.86. The minimum absolute atomic E-state index is 0.702. The first-order chi connectivity index (χ1) is 11.8. The molecule has 0 aliphatic heterocycles. The molecule has 0 amide bonds. The maximum Gasteiger partial charge on any atom is 0.0917 e. The van der Waals surface area contributed by atoms with Gasteiger partial charge in [0.1, 0.15) is 0 Å². The van der Waals surface area contributed by atoms with Crippen LogP contribution in [0.1, 0.15) is 57.6 Å². The Balaban J connectivity index is 2.13. The van der Waals surface area contributed by atoms with Gasteiger partial charge in [0.15, 0.2) is 0 Å². The highest BCUT2D eigenvalue weighted by molar-refractivity contribution is 7.68. The van der Waals surface area contributed by atoms with Crippen LogP contribution in [0.15, 0.2) is 48.5 Å². The van der Waals surface area contributed by atoms with Crippen LogP contribution in [0.3, 0.4) is 0 Å². The van der Waals surface area contributed by atoms with Crippen LogP contribution in [0.5, 0.6) is 0 Å². The van der Waals surface area contributed by atoms with E-state index in [1.54, 1.807) is 0 Å². The molecule has 0 fully saturated rings. The molecule has 0 aliphatic rings. The summed E-state index contributed by atoms with van der Waals surface area (Å²) in [7, 11) is -0.702. The summed E-state index contributed by atoms with van der Waals surface area (Å²) in [6, 6.07) is 18.1. The van der Waals surface area contributed by atoms with Crippen molar-refractivity contribution in [1.29, 1.82) is 0 Å². The van der Waals surface area contributed by atoms with Crippen LogP contribution in [0, 0.1) is 0 Å². The number of aryl methyl sites for hydroxylation is 2. The predicted molar refractivity (Wildman–Crippen MR) is 108 cm³/mol. The average molecular weight is 342 g/mol. The average Bonchev–Trinajstić information content (AvgIpc) is 2.64. The van der Waals surface area contributed by atoms with Crippen molar-refractivity contribution in [3.63, 3.8) is 0 Å². The van der Waals surface area contributed by atoms with Gasteiger partial charge in [-0.25, -0.2) is 0 Å². The second kappa shape index (κ2) is 10.6. The van der Waals surface area contributed by atoms with E-state index in [1.165, 1.54) is 60.3 Å². The van der Waals surface area contributed by atoms with Gasteiger partial charge < -0.3 is 4.52 Å². The fourth-order valence-corrected chi connectivity index (χ4v) is 4.48. The maximum atomic E-state index is 6.12. The van der Waals surface area contributed by atoms with Gasteiger partial charge in [0.05, 0.1) is 8.15 Å². The molecule has 0 aliphatic carbocycles. The number of hydrogen-bond acceptors (Lipinski definition) is 1. The van der Waals surface area contributed by atoms with E-state index in [9.17, 15) is 0 Å². The molecule has 1 nitrogen and oxygen atoms in total. The molecule has 0 unspecified atom stereocenters. The first kappa shape index (κ1) is 19.2. The molecular weight excluding hydrogens is 311 g/mol. The summed E-state index contributed by atoms with van der Waals surface area (Å²) in [6.45, 7) is 7.32. The summed E-state index contributed by atoms with van der Waals surface area (Å²) in [5, 5.41) is 2.63. The van der Waals surface area contributed by atoms with Gasteiger partial charge in [-0.2, -0.15) is 0 Å². The molecule has 0 aromatic heterocycles. The van der Waals surface area contributed by atoms with Crippen molar-refractivity contribution in [2.45, 2.75) is 59.3 Å². The van der Waals surface area contributed by atoms with Crippen molar-refractivity contribution < 1.29 is 4.52 Å². The van der Waals surface area contributed by atoms with Crippen molar-refractivity contribution in [3.8, 4) is 0 Å². The number of rotatable bonds is 10. The normalized spacial score (nSPS) is 11.2. The van der Waals surface area contributed by atoms with Crippen molar-refractivity contribution in [2.75, 3.05) is 6.61 Å². The minimum atomic E-state index is -0.702. The van der Waals surface area contributed by atoms with Crippen LogP contribution in [0.4, 0.5) is 0 Å². The molecule has 2 aromatic rings. The summed E-state index contributed by atoms with van der Waals surface area (Å²) < 4.78 is 6.12. The van der Waals surface area contributed by atoms with Crippen LogP contribution in [-0.4, -0.2) is 6.61 Å². The Bertz CT molecular complexity index is 522. The van der Waals surface area contributed by atoms with Crippen molar-refractivity contribution in [2.24, 2.45) is 0 Å². The summed E-state index contributed by atoms with van der Waals surface area (Å²) in [4.78, 5) is 0. The number of unbranched alkanes of at least 4 members (excludes halogenated alkanes) is 2. The monoisotopic (exact) mass is 342 g/mol. The van der Waals surface area contributed by atoms with E-state index < -0.39 is 8.15 Å². The Morgan fingerprint density at radius 1 is 0.667 bits per heavy atom. The van der Waals surface area contributed by atoms with Crippen LogP contribution >= 0.6 is 8.15 Å². The molecule has 0 N–H and O–H groups in total. The van der Waals surface area contributed by atoms with Crippen LogP contribution < -0.4 is 10.6 Å². The topological polar surface area (TPSA) is 9.23 Å². The van der Waals surface area contributed by atoms with Gasteiger partial charge in [-0.1, -0.05) is 75.2 Å². The molecule has 0 heterocycles. The van der Waals surface area contributed by atoms with Crippen molar-refractivity contribution in [3.05, 3.63) is 59.7 Å². The molecule has 2 heteroatoms. The molecule has 0 spiro atoms. The summed E-state index contributed by atoms with van der Waals surface area (Å²) in [5.74, 6) is 0. The highest BCUT2D eigenvalue weighted by Gasteiger charge is 2.14.